The minimum atomic E-state index is -1.34. The second kappa shape index (κ2) is 13.4. The average molecular weight is 712 g/mol. The zero-order valence-corrected chi connectivity index (χ0v) is 31.9. The van der Waals surface area contributed by atoms with E-state index in [4.69, 9.17) is 0 Å². The Hall–Kier alpha value is -2.31. The molecule has 0 saturated carbocycles. The van der Waals surface area contributed by atoms with Crippen LogP contribution in [0.1, 0.15) is 78.5 Å². The Morgan fingerprint density at radius 3 is 1.87 bits per heavy atom. The van der Waals surface area contributed by atoms with Crippen molar-refractivity contribution in [3.05, 3.63) is 153 Å². The maximum atomic E-state index is 2.60. The summed E-state index contributed by atoms with van der Waals surface area (Å²) in [5.41, 5.74) is 10.3. The van der Waals surface area contributed by atoms with Gasteiger partial charge in [0, 0.05) is 0 Å². The molecule has 0 aromatic heterocycles. The van der Waals surface area contributed by atoms with Crippen LogP contribution in [0.2, 0.25) is 0 Å². The van der Waals surface area contributed by atoms with Gasteiger partial charge in [0.1, 0.15) is 0 Å². The summed E-state index contributed by atoms with van der Waals surface area (Å²) < 4.78 is 3.20. The van der Waals surface area contributed by atoms with E-state index >= 15 is 0 Å². The molecule has 3 aliphatic rings. The third kappa shape index (κ3) is 6.23. The molecule has 0 radical (unpaired) electrons. The van der Waals surface area contributed by atoms with E-state index in [-0.39, 0.29) is 41.1 Å². The van der Waals surface area contributed by atoms with Gasteiger partial charge in [0.15, 0.2) is 0 Å². The predicted octanol–water partition coefficient (Wildman–Crippen LogP) is 3.06. The third-order valence-electron chi connectivity index (χ3n) is 9.76. The van der Waals surface area contributed by atoms with Gasteiger partial charge in [0.2, 0.25) is 0 Å². The standard InChI is InChI=1S/C29H35.C13H10.2ClH.Zr/c1-19(2)29(28(6,7)8)16-15-24-23-14-13-22(27(3,4)5)17-21(23)18-25(24)26(29)20-11-9-10-12-20;1-3-7-12(8-4-1)11-13-9-5-2-6-10-13;;;/h9-11,13-17,19H,12H2,1-8H3;1-10H;2*1H;/q;;;;+2/p-2. The zero-order valence-electron chi connectivity index (χ0n) is 27.9. The second-order valence-corrected chi connectivity index (χ2v) is 17.8. The summed E-state index contributed by atoms with van der Waals surface area (Å²) in [6, 6.07) is 29.8. The van der Waals surface area contributed by atoms with Crippen LogP contribution in [-0.2, 0) is 28.2 Å². The quantitative estimate of drug-likeness (QED) is 0.382. The predicted molar refractivity (Wildman–Crippen MR) is 182 cm³/mol. The van der Waals surface area contributed by atoms with E-state index in [1.165, 1.54) is 38.3 Å². The van der Waals surface area contributed by atoms with Gasteiger partial charge < -0.3 is 24.8 Å². The van der Waals surface area contributed by atoms with Crippen molar-refractivity contribution in [1.29, 1.82) is 0 Å². The number of fused-ring (bicyclic) bond motifs is 2. The van der Waals surface area contributed by atoms with Crippen molar-refractivity contribution in [2.75, 3.05) is 0 Å². The molecule has 0 saturated heterocycles. The Labute approximate surface area is 294 Å². The fraction of sp³-hybridized carbons (Fsp3) is 0.310. The van der Waals surface area contributed by atoms with E-state index in [2.05, 4.69) is 165 Å². The first-order valence-corrected chi connectivity index (χ1v) is 18.3. The van der Waals surface area contributed by atoms with Gasteiger partial charge in [-0.3, -0.25) is 0 Å². The van der Waals surface area contributed by atoms with Crippen LogP contribution in [0, 0.1) is 16.7 Å². The number of rotatable bonds is 5. The molecule has 0 spiro atoms. The first-order valence-electron chi connectivity index (χ1n) is 15.9. The van der Waals surface area contributed by atoms with E-state index in [9.17, 15) is 0 Å². The molecular weight excluding hydrogens is 667 g/mol. The summed E-state index contributed by atoms with van der Waals surface area (Å²) >= 11 is -1.34. The molecule has 0 N–H and O–H groups in total. The van der Waals surface area contributed by atoms with E-state index in [1.807, 2.05) is 0 Å². The summed E-state index contributed by atoms with van der Waals surface area (Å²) in [6.07, 6.45) is 13.2. The van der Waals surface area contributed by atoms with Crippen LogP contribution in [0.3, 0.4) is 0 Å². The second-order valence-electron chi connectivity index (χ2n) is 14.7. The average Bonchev–Trinajstić information content (AvgIpc) is 3.61. The first kappa shape index (κ1) is 35.5. The van der Waals surface area contributed by atoms with Gasteiger partial charge in [-0.2, -0.15) is 0 Å². The van der Waals surface area contributed by atoms with E-state index in [0.29, 0.717) is 5.92 Å². The Balaban J connectivity index is 0.00000230. The van der Waals surface area contributed by atoms with E-state index in [1.54, 1.807) is 17.6 Å². The molecule has 231 valence electrons. The molecule has 3 aromatic rings. The van der Waals surface area contributed by atoms with Crippen molar-refractivity contribution in [3.63, 3.8) is 0 Å². The zero-order chi connectivity index (χ0) is 30.6. The molecule has 0 nitrogen and oxygen atoms in total. The summed E-state index contributed by atoms with van der Waals surface area (Å²) in [4.78, 5) is 0. The van der Waals surface area contributed by atoms with Crippen molar-refractivity contribution in [1.82, 2.24) is 0 Å². The maximum absolute atomic E-state index is 2.60. The molecule has 3 aliphatic carbocycles. The van der Waals surface area contributed by atoms with Crippen molar-refractivity contribution in [2.45, 2.75) is 67.2 Å². The van der Waals surface area contributed by atoms with Crippen LogP contribution in [0.5, 0.6) is 0 Å². The number of benzene rings is 3. The van der Waals surface area contributed by atoms with E-state index < -0.39 is 22.8 Å². The molecule has 6 rings (SSSR count). The Morgan fingerprint density at radius 1 is 0.778 bits per heavy atom. The SMILES string of the molecule is CC(C)C1(C(C)(C)C)C=CC2=c3ccc(C(C)(C)C)cc3=[C]([Zr+2]=[C](c3ccccc3)c3ccccc3)C2=C1C1=CC=CC1.[Cl-].[Cl-]. The molecule has 45 heavy (non-hydrogen) atoms. The van der Waals surface area contributed by atoms with Crippen LogP contribution in [0.4, 0.5) is 0 Å². The van der Waals surface area contributed by atoms with Gasteiger partial charge in [-0.15, -0.1) is 0 Å². The van der Waals surface area contributed by atoms with Crippen LogP contribution in [0.15, 0.2) is 126 Å². The molecule has 0 bridgehead atoms. The summed E-state index contributed by atoms with van der Waals surface area (Å²) in [5.74, 6) is 0.460. The summed E-state index contributed by atoms with van der Waals surface area (Å²) in [6.45, 7) is 19.3. The van der Waals surface area contributed by atoms with Crippen LogP contribution < -0.4 is 35.3 Å². The molecule has 0 fully saturated rings. The van der Waals surface area contributed by atoms with Crippen molar-refractivity contribution in [2.24, 2.45) is 16.7 Å². The molecule has 0 heterocycles. The number of halogens is 2. The molecule has 1 unspecified atom stereocenters. The molecule has 3 heteroatoms. The van der Waals surface area contributed by atoms with Gasteiger partial charge in [0.25, 0.3) is 0 Å². The van der Waals surface area contributed by atoms with Crippen LogP contribution in [-0.4, -0.2) is 3.21 Å². The van der Waals surface area contributed by atoms with Crippen molar-refractivity contribution < 1.29 is 47.6 Å². The van der Waals surface area contributed by atoms with Crippen molar-refractivity contribution in [3.8, 4) is 0 Å². The fourth-order valence-corrected chi connectivity index (χ4v) is 11.5. The van der Waals surface area contributed by atoms with Gasteiger partial charge in [-0.1, -0.05) is 0 Å². The molecule has 0 amide bonds. The molecule has 1 atom stereocenters. The first-order chi connectivity index (χ1) is 20.4. The van der Waals surface area contributed by atoms with Gasteiger partial charge in [-0.05, 0) is 0 Å². The minimum absolute atomic E-state index is 0. The monoisotopic (exact) mass is 709 g/mol. The molecule has 0 aliphatic heterocycles. The van der Waals surface area contributed by atoms with Gasteiger partial charge in [0.05, 0.1) is 0 Å². The summed E-state index contributed by atoms with van der Waals surface area (Å²) in [7, 11) is 0. The minimum Gasteiger partial charge on any atom is -1.00 e. The third-order valence-corrected chi connectivity index (χ3v) is 13.7. The van der Waals surface area contributed by atoms with Crippen LogP contribution in [0.25, 0.3) is 8.85 Å². The van der Waals surface area contributed by atoms with Gasteiger partial charge >= 0.3 is 272 Å². The topological polar surface area (TPSA) is 0 Å². The molecule has 3 aromatic carbocycles. The Kier molecular flexibility index (Phi) is 10.6. The largest absolute Gasteiger partial charge is 1.00 e. The van der Waals surface area contributed by atoms with E-state index in [0.717, 1.165) is 6.42 Å². The fourth-order valence-electron chi connectivity index (χ4n) is 7.60. The maximum Gasteiger partial charge on any atom is -1.00 e. The number of allylic oxidation sites excluding steroid dienone is 8. The number of hydrogen-bond acceptors (Lipinski definition) is 0. The van der Waals surface area contributed by atoms with Crippen molar-refractivity contribution >= 4 is 12.1 Å². The van der Waals surface area contributed by atoms with Gasteiger partial charge in [-0.25, -0.2) is 0 Å². The Bertz CT molecular complexity index is 1810. The summed E-state index contributed by atoms with van der Waals surface area (Å²) in [5, 5.41) is 2.90. The Morgan fingerprint density at radius 2 is 1.38 bits per heavy atom. The normalized spacial score (nSPS) is 18.6. The molecular formula is C42H45Cl2Zr. The van der Waals surface area contributed by atoms with Crippen LogP contribution >= 0.6 is 0 Å². The number of hydrogen-bond donors (Lipinski definition) is 0. The smallest absolute Gasteiger partial charge is 1.00 e.